The quantitative estimate of drug-likeness (QED) is 0.682. The smallest absolute Gasteiger partial charge is 0.0939 e. The fraction of sp³-hybridized carbons (Fsp3) is 0.118. The second-order valence-electron chi connectivity index (χ2n) is 5.03. The van der Waals surface area contributed by atoms with Crippen LogP contribution >= 0.6 is 0 Å². The molecule has 3 N–H and O–H groups in total. The molecule has 3 aromatic rings. The van der Waals surface area contributed by atoms with Crippen molar-refractivity contribution in [3.8, 4) is 0 Å². The first-order valence-electron chi connectivity index (χ1n) is 6.63. The Morgan fingerprint density at radius 2 is 1.85 bits per heavy atom. The summed E-state index contributed by atoms with van der Waals surface area (Å²) in [6, 6.07) is 16.2. The summed E-state index contributed by atoms with van der Waals surface area (Å²) in [7, 11) is 0. The van der Waals surface area contributed by atoms with Crippen LogP contribution in [0.15, 0.2) is 48.5 Å². The van der Waals surface area contributed by atoms with Crippen molar-refractivity contribution in [2.75, 3.05) is 11.1 Å². The molecule has 0 radical (unpaired) electrons. The molecule has 2 aromatic carbocycles. The van der Waals surface area contributed by atoms with E-state index in [-0.39, 0.29) is 0 Å². The molecule has 0 atom stereocenters. The number of anilines is 3. The molecule has 0 aliphatic carbocycles. The van der Waals surface area contributed by atoms with E-state index in [9.17, 15) is 0 Å². The molecule has 0 fully saturated rings. The SMILES string of the molecule is Cc1ccc2cccc(Nc3ccc(C)c(N)c3)c2n1. The largest absolute Gasteiger partial charge is 0.398 e. The number of aromatic nitrogens is 1. The second kappa shape index (κ2) is 4.85. The van der Waals surface area contributed by atoms with Crippen LogP contribution in [-0.4, -0.2) is 4.98 Å². The molecule has 3 rings (SSSR count). The summed E-state index contributed by atoms with van der Waals surface area (Å²) in [6.45, 7) is 4.00. The van der Waals surface area contributed by atoms with Gasteiger partial charge in [0.05, 0.1) is 11.2 Å². The number of nitrogens with zero attached hydrogens (tertiary/aromatic N) is 1. The summed E-state index contributed by atoms with van der Waals surface area (Å²) in [5.74, 6) is 0. The van der Waals surface area contributed by atoms with Gasteiger partial charge in [-0.2, -0.15) is 0 Å². The van der Waals surface area contributed by atoms with E-state index in [0.29, 0.717) is 0 Å². The Morgan fingerprint density at radius 1 is 1.00 bits per heavy atom. The highest BCUT2D eigenvalue weighted by molar-refractivity contribution is 5.92. The lowest BCUT2D eigenvalue weighted by Gasteiger charge is -2.11. The molecule has 3 heteroatoms. The molecule has 0 saturated heterocycles. The fourth-order valence-corrected chi connectivity index (χ4v) is 2.22. The van der Waals surface area contributed by atoms with Gasteiger partial charge in [-0.1, -0.05) is 24.3 Å². The van der Waals surface area contributed by atoms with Crippen LogP contribution < -0.4 is 11.1 Å². The van der Waals surface area contributed by atoms with Crippen molar-refractivity contribution in [3.05, 3.63) is 59.8 Å². The zero-order valence-corrected chi connectivity index (χ0v) is 11.6. The van der Waals surface area contributed by atoms with Gasteiger partial charge >= 0.3 is 0 Å². The van der Waals surface area contributed by atoms with Gasteiger partial charge in [0.1, 0.15) is 0 Å². The summed E-state index contributed by atoms with van der Waals surface area (Å²) in [6.07, 6.45) is 0. The van der Waals surface area contributed by atoms with Gasteiger partial charge in [0, 0.05) is 22.5 Å². The Labute approximate surface area is 118 Å². The van der Waals surface area contributed by atoms with Crippen molar-refractivity contribution in [2.24, 2.45) is 0 Å². The minimum atomic E-state index is 0.791. The van der Waals surface area contributed by atoms with E-state index in [0.717, 1.165) is 39.2 Å². The van der Waals surface area contributed by atoms with Gasteiger partial charge in [0.25, 0.3) is 0 Å². The molecule has 20 heavy (non-hydrogen) atoms. The fourth-order valence-electron chi connectivity index (χ4n) is 2.22. The summed E-state index contributed by atoms with van der Waals surface area (Å²) >= 11 is 0. The molecule has 0 bridgehead atoms. The molecular weight excluding hydrogens is 246 g/mol. The maximum absolute atomic E-state index is 5.96. The molecule has 3 nitrogen and oxygen atoms in total. The van der Waals surface area contributed by atoms with Crippen LogP contribution in [0, 0.1) is 13.8 Å². The number of fused-ring (bicyclic) bond motifs is 1. The third-order valence-corrected chi connectivity index (χ3v) is 3.42. The van der Waals surface area contributed by atoms with Crippen LogP contribution in [0.25, 0.3) is 10.9 Å². The normalized spacial score (nSPS) is 10.7. The minimum Gasteiger partial charge on any atom is -0.398 e. The Kier molecular flexibility index (Phi) is 3.03. The average molecular weight is 263 g/mol. The van der Waals surface area contributed by atoms with Gasteiger partial charge in [-0.05, 0) is 43.7 Å². The summed E-state index contributed by atoms with van der Waals surface area (Å²) in [5.41, 5.74) is 11.8. The molecule has 0 spiro atoms. The van der Waals surface area contributed by atoms with E-state index in [2.05, 4.69) is 22.4 Å². The summed E-state index contributed by atoms with van der Waals surface area (Å²) < 4.78 is 0. The highest BCUT2D eigenvalue weighted by Gasteiger charge is 2.04. The Hall–Kier alpha value is -2.55. The van der Waals surface area contributed by atoms with Crippen LogP contribution in [0.1, 0.15) is 11.3 Å². The number of nitrogen functional groups attached to an aromatic ring is 1. The average Bonchev–Trinajstić information content (AvgIpc) is 2.44. The number of pyridine rings is 1. The lowest BCUT2D eigenvalue weighted by molar-refractivity contribution is 1.25. The molecule has 0 unspecified atom stereocenters. The molecule has 1 heterocycles. The van der Waals surface area contributed by atoms with Crippen molar-refractivity contribution >= 4 is 28.0 Å². The molecule has 1 aromatic heterocycles. The number of nitrogens with one attached hydrogen (secondary N) is 1. The summed E-state index contributed by atoms with van der Waals surface area (Å²) in [4.78, 5) is 4.62. The van der Waals surface area contributed by atoms with Crippen molar-refractivity contribution in [2.45, 2.75) is 13.8 Å². The third kappa shape index (κ3) is 2.30. The van der Waals surface area contributed by atoms with Crippen molar-refractivity contribution < 1.29 is 0 Å². The topological polar surface area (TPSA) is 50.9 Å². The molecule has 0 amide bonds. The molecule has 0 aliphatic heterocycles. The third-order valence-electron chi connectivity index (χ3n) is 3.42. The zero-order valence-electron chi connectivity index (χ0n) is 11.6. The van der Waals surface area contributed by atoms with Crippen LogP contribution in [0.2, 0.25) is 0 Å². The maximum Gasteiger partial charge on any atom is 0.0939 e. The van der Waals surface area contributed by atoms with Gasteiger partial charge in [-0.3, -0.25) is 4.98 Å². The molecule has 0 aliphatic rings. The highest BCUT2D eigenvalue weighted by atomic mass is 14.9. The van der Waals surface area contributed by atoms with Crippen molar-refractivity contribution in [1.82, 2.24) is 4.98 Å². The molecular formula is C17H17N3. The second-order valence-corrected chi connectivity index (χ2v) is 5.03. The monoisotopic (exact) mass is 263 g/mol. The zero-order chi connectivity index (χ0) is 14.1. The number of hydrogen-bond donors (Lipinski definition) is 2. The Balaban J connectivity index is 2.05. The van der Waals surface area contributed by atoms with E-state index in [4.69, 9.17) is 5.73 Å². The van der Waals surface area contributed by atoms with Gasteiger partial charge in [-0.15, -0.1) is 0 Å². The lowest BCUT2D eigenvalue weighted by atomic mass is 10.1. The van der Waals surface area contributed by atoms with Gasteiger partial charge in [0.2, 0.25) is 0 Å². The Bertz CT molecular complexity index is 778. The van der Waals surface area contributed by atoms with Crippen LogP contribution in [0.5, 0.6) is 0 Å². The van der Waals surface area contributed by atoms with E-state index >= 15 is 0 Å². The Morgan fingerprint density at radius 3 is 2.65 bits per heavy atom. The van der Waals surface area contributed by atoms with E-state index in [1.54, 1.807) is 0 Å². The van der Waals surface area contributed by atoms with E-state index in [1.165, 1.54) is 0 Å². The number of nitrogens with two attached hydrogens (primary N) is 1. The first-order chi connectivity index (χ1) is 9.63. The van der Waals surface area contributed by atoms with Gasteiger partial charge in [0.15, 0.2) is 0 Å². The van der Waals surface area contributed by atoms with Crippen molar-refractivity contribution in [3.63, 3.8) is 0 Å². The van der Waals surface area contributed by atoms with Crippen LogP contribution in [0.4, 0.5) is 17.1 Å². The molecule has 100 valence electrons. The number of para-hydroxylation sites is 1. The van der Waals surface area contributed by atoms with Gasteiger partial charge in [-0.25, -0.2) is 0 Å². The van der Waals surface area contributed by atoms with Crippen LogP contribution in [-0.2, 0) is 0 Å². The maximum atomic E-state index is 5.96. The van der Waals surface area contributed by atoms with Crippen LogP contribution in [0.3, 0.4) is 0 Å². The minimum absolute atomic E-state index is 0.791. The first-order valence-corrected chi connectivity index (χ1v) is 6.63. The lowest BCUT2D eigenvalue weighted by Crippen LogP contribution is -1.96. The predicted molar refractivity (Wildman–Crippen MR) is 85.4 cm³/mol. The van der Waals surface area contributed by atoms with Gasteiger partial charge < -0.3 is 11.1 Å². The highest BCUT2D eigenvalue weighted by Crippen LogP contribution is 2.26. The number of rotatable bonds is 2. The van der Waals surface area contributed by atoms with E-state index in [1.807, 2.05) is 50.2 Å². The summed E-state index contributed by atoms with van der Waals surface area (Å²) in [5, 5.41) is 4.53. The number of hydrogen-bond acceptors (Lipinski definition) is 3. The van der Waals surface area contributed by atoms with Crippen molar-refractivity contribution in [1.29, 1.82) is 0 Å². The number of aryl methyl sites for hydroxylation is 2. The standard InChI is InChI=1S/C17H17N3/c1-11-6-9-14(10-15(11)18)20-16-5-3-4-13-8-7-12(2)19-17(13)16/h3-10,20H,18H2,1-2H3. The first kappa shape index (κ1) is 12.5. The van der Waals surface area contributed by atoms with E-state index < -0.39 is 0 Å². The predicted octanol–water partition coefficient (Wildman–Crippen LogP) is 4.18. The number of benzene rings is 2. The molecule has 0 saturated carbocycles.